The monoisotopic (exact) mass is 465 g/mol. The van der Waals surface area contributed by atoms with Gasteiger partial charge in [0, 0.05) is 17.4 Å². The van der Waals surface area contributed by atoms with Gasteiger partial charge in [0.2, 0.25) is 0 Å². The fraction of sp³-hybridized carbons (Fsp3) is 0.0833. The highest BCUT2D eigenvalue weighted by molar-refractivity contribution is 7.80. The van der Waals surface area contributed by atoms with E-state index in [0.717, 1.165) is 22.7 Å². The van der Waals surface area contributed by atoms with E-state index >= 15 is 0 Å². The summed E-state index contributed by atoms with van der Waals surface area (Å²) in [7, 11) is 0. The Kier molecular flexibility index (Phi) is 5.40. The minimum absolute atomic E-state index is 0.165. The molecule has 4 aromatic rings. The van der Waals surface area contributed by atoms with E-state index < -0.39 is 0 Å². The third-order valence-electron chi connectivity index (χ3n) is 5.25. The number of nitrogens with one attached hydrogen (secondary N) is 1. The third kappa shape index (κ3) is 3.81. The van der Waals surface area contributed by atoms with Crippen LogP contribution in [-0.2, 0) is 0 Å². The van der Waals surface area contributed by atoms with E-state index in [4.69, 9.17) is 39.8 Å². The molecule has 154 valence electrons. The smallest absolute Gasteiger partial charge is 0.174 e. The van der Waals surface area contributed by atoms with Gasteiger partial charge >= 0.3 is 0 Å². The Bertz CT molecular complexity index is 1230. The zero-order valence-electron chi connectivity index (χ0n) is 16.2. The van der Waals surface area contributed by atoms with E-state index in [0.29, 0.717) is 20.9 Å². The first-order valence-corrected chi connectivity index (χ1v) is 10.9. The topological polar surface area (TPSA) is 41.3 Å². The number of hydrogen-bond donors (Lipinski definition) is 1. The molecule has 2 unspecified atom stereocenters. The average Bonchev–Trinajstić information content (AvgIpc) is 3.41. The summed E-state index contributed by atoms with van der Waals surface area (Å²) < 4.78 is 6.33. The molecule has 0 spiro atoms. The molecule has 1 fully saturated rings. The van der Waals surface area contributed by atoms with Crippen molar-refractivity contribution < 1.29 is 4.42 Å². The Morgan fingerprint density at radius 3 is 2.45 bits per heavy atom. The first kappa shape index (κ1) is 20.1. The summed E-state index contributed by atoms with van der Waals surface area (Å²) in [6, 6.07) is 24.9. The molecule has 0 amide bonds. The zero-order valence-corrected chi connectivity index (χ0v) is 18.5. The second-order valence-electron chi connectivity index (χ2n) is 7.16. The van der Waals surface area contributed by atoms with E-state index in [1.165, 1.54) is 0 Å². The first-order chi connectivity index (χ1) is 15.1. The van der Waals surface area contributed by atoms with Crippen molar-refractivity contribution in [2.75, 3.05) is 4.90 Å². The number of halogens is 2. The third-order valence-corrected chi connectivity index (χ3v) is 6.31. The van der Waals surface area contributed by atoms with Gasteiger partial charge in [-0.15, -0.1) is 0 Å². The first-order valence-electron chi connectivity index (χ1n) is 9.72. The Balaban J connectivity index is 1.59. The number of nitrogens with zero attached hydrogens (tertiary/aromatic N) is 2. The number of furan rings is 1. The SMILES string of the molecule is S=C1NC(c2ccccn2)C(c2ccc(-c3ccc(Cl)c(Cl)c3)o2)N1c1ccccc1. The van der Waals surface area contributed by atoms with Crippen molar-refractivity contribution in [2.24, 2.45) is 0 Å². The van der Waals surface area contributed by atoms with Crippen molar-refractivity contribution in [1.29, 1.82) is 0 Å². The van der Waals surface area contributed by atoms with Crippen molar-refractivity contribution in [3.05, 3.63) is 107 Å². The maximum atomic E-state index is 6.33. The van der Waals surface area contributed by atoms with Gasteiger partial charge in [-0.2, -0.15) is 0 Å². The van der Waals surface area contributed by atoms with Crippen LogP contribution in [0.4, 0.5) is 5.69 Å². The maximum absolute atomic E-state index is 6.33. The molecule has 0 saturated carbocycles. The fourth-order valence-electron chi connectivity index (χ4n) is 3.83. The van der Waals surface area contributed by atoms with Crippen molar-refractivity contribution in [3.8, 4) is 11.3 Å². The van der Waals surface area contributed by atoms with Gasteiger partial charge in [0.25, 0.3) is 0 Å². The molecule has 0 aliphatic carbocycles. The van der Waals surface area contributed by atoms with Crippen LogP contribution >= 0.6 is 35.4 Å². The van der Waals surface area contributed by atoms with Gasteiger partial charge in [-0.05, 0) is 66.8 Å². The number of hydrogen-bond acceptors (Lipinski definition) is 3. The Labute approximate surface area is 195 Å². The van der Waals surface area contributed by atoms with E-state index in [1.807, 2.05) is 66.7 Å². The van der Waals surface area contributed by atoms with E-state index in [1.54, 1.807) is 18.3 Å². The summed E-state index contributed by atoms with van der Waals surface area (Å²) in [5, 5.41) is 5.05. The molecule has 0 bridgehead atoms. The summed E-state index contributed by atoms with van der Waals surface area (Å²) in [4.78, 5) is 6.64. The number of thiocarbonyl (C=S) groups is 1. The Morgan fingerprint density at radius 2 is 1.71 bits per heavy atom. The number of aromatic nitrogens is 1. The molecular weight excluding hydrogens is 449 g/mol. The average molecular weight is 466 g/mol. The van der Waals surface area contributed by atoms with Crippen LogP contribution in [0.2, 0.25) is 10.0 Å². The summed E-state index contributed by atoms with van der Waals surface area (Å²) in [6.07, 6.45) is 1.78. The molecule has 1 aliphatic heterocycles. The Hall–Kier alpha value is -2.86. The number of para-hydroxylation sites is 1. The lowest BCUT2D eigenvalue weighted by atomic mass is 10.0. The number of rotatable bonds is 4. The lowest BCUT2D eigenvalue weighted by Crippen LogP contribution is -2.29. The fourth-order valence-corrected chi connectivity index (χ4v) is 4.47. The highest BCUT2D eigenvalue weighted by Gasteiger charge is 2.42. The van der Waals surface area contributed by atoms with Gasteiger partial charge in [-0.1, -0.05) is 47.5 Å². The van der Waals surface area contributed by atoms with Gasteiger partial charge < -0.3 is 14.6 Å². The maximum Gasteiger partial charge on any atom is 0.174 e. The van der Waals surface area contributed by atoms with Crippen LogP contribution in [0.15, 0.2) is 89.5 Å². The van der Waals surface area contributed by atoms with Crippen LogP contribution in [0.25, 0.3) is 11.3 Å². The second-order valence-corrected chi connectivity index (χ2v) is 8.36. The van der Waals surface area contributed by atoms with E-state index in [9.17, 15) is 0 Å². The molecule has 2 aromatic heterocycles. The van der Waals surface area contributed by atoms with Crippen LogP contribution in [0.1, 0.15) is 23.5 Å². The largest absolute Gasteiger partial charge is 0.459 e. The zero-order chi connectivity index (χ0) is 21.4. The van der Waals surface area contributed by atoms with Crippen LogP contribution in [0.3, 0.4) is 0 Å². The van der Waals surface area contributed by atoms with Gasteiger partial charge in [0.05, 0.1) is 21.8 Å². The normalized spacial score (nSPS) is 18.3. The summed E-state index contributed by atoms with van der Waals surface area (Å²) in [5.41, 5.74) is 2.73. The molecule has 5 rings (SSSR count). The molecule has 1 aliphatic rings. The molecule has 4 nitrogen and oxygen atoms in total. The van der Waals surface area contributed by atoms with Gasteiger partial charge in [0.15, 0.2) is 5.11 Å². The number of anilines is 1. The lowest BCUT2D eigenvalue weighted by Gasteiger charge is -2.26. The van der Waals surface area contributed by atoms with Crippen molar-refractivity contribution in [2.45, 2.75) is 12.1 Å². The lowest BCUT2D eigenvalue weighted by molar-refractivity contribution is 0.439. The van der Waals surface area contributed by atoms with Crippen LogP contribution < -0.4 is 10.2 Å². The van der Waals surface area contributed by atoms with Crippen LogP contribution in [-0.4, -0.2) is 10.1 Å². The quantitative estimate of drug-likeness (QED) is 0.334. The van der Waals surface area contributed by atoms with Crippen molar-refractivity contribution >= 4 is 46.2 Å². The van der Waals surface area contributed by atoms with E-state index in [2.05, 4.69) is 15.2 Å². The molecule has 31 heavy (non-hydrogen) atoms. The molecule has 3 heterocycles. The second kappa shape index (κ2) is 8.35. The van der Waals surface area contributed by atoms with Crippen molar-refractivity contribution in [1.82, 2.24) is 10.3 Å². The molecule has 0 radical (unpaired) electrons. The summed E-state index contributed by atoms with van der Waals surface area (Å²) >= 11 is 18.0. The molecule has 1 saturated heterocycles. The van der Waals surface area contributed by atoms with Gasteiger partial charge in [-0.3, -0.25) is 4.98 Å². The summed E-state index contributed by atoms with van der Waals surface area (Å²) in [5.74, 6) is 1.48. The molecule has 1 N–H and O–H groups in total. The van der Waals surface area contributed by atoms with Gasteiger partial charge in [0.1, 0.15) is 17.6 Å². The predicted molar refractivity (Wildman–Crippen MR) is 129 cm³/mol. The van der Waals surface area contributed by atoms with Crippen LogP contribution in [0.5, 0.6) is 0 Å². The predicted octanol–water partition coefficient (Wildman–Crippen LogP) is 6.83. The molecule has 2 atom stereocenters. The van der Waals surface area contributed by atoms with Crippen LogP contribution in [0, 0.1) is 0 Å². The number of pyridine rings is 1. The van der Waals surface area contributed by atoms with Gasteiger partial charge in [-0.25, -0.2) is 0 Å². The highest BCUT2D eigenvalue weighted by atomic mass is 35.5. The minimum Gasteiger partial charge on any atom is -0.459 e. The van der Waals surface area contributed by atoms with E-state index in [-0.39, 0.29) is 12.1 Å². The standard InChI is InChI=1S/C24H17Cl2N3OS/c25-17-10-9-15(14-18(17)26)20-11-12-21(30-20)23-22(19-8-4-5-13-27-19)28-24(31)29(23)16-6-2-1-3-7-16/h1-14,22-23H,(H,28,31). The molecular formula is C24H17Cl2N3OS. The molecule has 2 aromatic carbocycles. The minimum atomic E-state index is -0.207. The molecule has 7 heteroatoms. The number of benzene rings is 2. The summed E-state index contributed by atoms with van der Waals surface area (Å²) in [6.45, 7) is 0. The Morgan fingerprint density at radius 1 is 0.903 bits per heavy atom. The van der Waals surface area contributed by atoms with Crippen molar-refractivity contribution in [3.63, 3.8) is 0 Å². The highest BCUT2D eigenvalue weighted by Crippen LogP contribution is 2.43.